The zero-order valence-electron chi connectivity index (χ0n) is 15.3. The van der Waals surface area contributed by atoms with Crippen molar-refractivity contribution in [2.75, 3.05) is 24.8 Å². The first-order chi connectivity index (χ1) is 13.5. The molecule has 0 unspecified atom stereocenters. The van der Waals surface area contributed by atoms with Crippen LogP contribution in [0.2, 0.25) is 0 Å². The Hall–Kier alpha value is -2.63. The van der Waals surface area contributed by atoms with Crippen LogP contribution in [0.4, 0.5) is 19.0 Å². The Balaban J connectivity index is 2.22. The highest BCUT2D eigenvalue weighted by Gasteiger charge is 2.31. The zero-order valence-corrected chi connectivity index (χ0v) is 16.2. The molecule has 0 saturated carbocycles. The molecule has 29 heavy (non-hydrogen) atoms. The van der Waals surface area contributed by atoms with Gasteiger partial charge in [0.05, 0.1) is 24.3 Å². The summed E-state index contributed by atoms with van der Waals surface area (Å²) in [5.41, 5.74) is 1.28. The molecule has 0 bridgehead atoms. The van der Waals surface area contributed by atoms with E-state index in [9.17, 15) is 32.5 Å². The van der Waals surface area contributed by atoms with Gasteiger partial charge in [-0.25, -0.2) is 4.98 Å². The van der Waals surface area contributed by atoms with E-state index in [-0.39, 0.29) is 23.5 Å². The smallest absolute Gasteiger partial charge is 0.416 e. The average Bonchev–Trinajstić information content (AvgIpc) is 2.62. The Kier molecular flexibility index (Phi) is 6.88. The van der Waals surface area contributed by atoms with Gasteiger partial charge in [0.2, 0.25) is 5.82 Å². The summed E-state index contributed by atoms with van der Waals surface area (Å²) in [6.45, 7) is 3.21. The summed E-state index contributed by atoms with van der Waals surface area (Å²) >= 11 is 0. The normalized spacial score (nSPS) is 12.2. The lowest BCUT2D eigenvalue weighted by atomic mass is 10.2. The Morgan fingerprint density at radius 3 is 2.45 bits per heavy atom. The summed E-state index contributed by atoms with van der Waals surface area (Å²) in [7, 11) is -3.69. The zero-order chi connectivity index (χ0) is 21.8. The number of nitrogens with one attached hydrogen (secondary N) is 2. The second-order valence-corrected chi connectivity index (χ2v) is 7.61. The van der Waals surface area contributed by atoms with E-state index in [1.807, 2.05) is 0 Å². The van der Waals surface area contributed by atoms with Crippen molar-refractivity contribution in [3.8, 4) is 0 Å². The van der Waals surface area contributed by atoms with Gasteiger partial charge >= 0.3 is 19.3 Å². The van der Waals surface area contributed by atoms with E-state index in [2.05, 4.69) is 15.8 Å². The third kappa shape index (κ3) is 5.46. The van der Waals surface area contributed by atoms with E-state index in [1.165, 1.54) is 0 Å². The fraction of sp³-hybridized carbons (Fsp3) is 0.400. The third-order valence-electron chi connectivity index (χ3n) is 3.47. The van der Waals surface area contributed by atoms with Crippen LogP contribution in [0.1, 0.15) is 19.4 Å². The molecule has 0 aliphatic heterocycles. The van der Waals surface area contributed by atoms with E-state index >= 15 is 0 Å². The molecule has 0 aliphatic carbocycles. The molecule has 1 heterocycles. The van der Waals surface area contributed by atoms with Crippen LogP contribution in [-0.2, 0) is 24.6 Å². The minimum atomic E-state index is -4.68. The fourth-order valence-electron chi connectivity index (χ4n) is 2.29. The number of carbonyl (C=O) groups excluding carboxylic acids is 1. The van der Waals surface area contributed by atoms with Crippen molar-refractivity contribution < 1.29 is 36.8 Å². The van der Waals surface area contributed by atoms with Gasteiger partial charge in [-0.2, -0.15) is 13.2 Å². The minimum absolute atomic E-state index is 0.0304. The van der Waals surface area contributed by atoms with Crippen molar-refractivity contribution in [2.45, 2.75) is 20.0 Å². The summed E-state index contributed by atoms with van der Waals surface area (Å²) < 4.78 is 60.6. The van der Waals surface area contributed by atoms with E-state index < -0.39 is 48.3 Å². The Labute approximate surface area is 162 Å². The van der Waals surface area contributed by atoms with E-state index in [0.717, 1.165) is 12.1 Å². The van der Waals surface area contributed by atoms with Crippen LogP contribution in [0, 0.1) is 0 Å². The SMILES string of the molecule is CCOP(=O)(CC(=O)NNc1nc2ccc(C(F)(F)F)cc2n(O)c1=O)OCC. The van der Waals surface area contributed by atoms with Gasteiger partial charge in [0.25, 0.3) is 5.91 Å². The van der Waals surface area contributed by atoms with E-state index in [4.69, 9.17) is 9.05 Å². The third-order valence-corrected chi connectivity index (χ3v) is 5.44. The first kappa shape index (κ1) is 22.7. The molecule has 160 valence electrons. The van der Waals surface area contributed by atoms with Crippen LogP contribution in [0.5, 0.6) is 0 Å². The van der Waals surface area contributed by atoms with Gasteiger partial charge in [0.15, 0.2) is 0 Å². The molecule has 2 rings (SSSR count). The van der Waals surface area contributed by atoms with Crippen LogP contribution in [0.15, 0.2) is 23.0 Å². The number of amides is 1. The van der Waals surface area contributed by atoms with E-state index in [0.29, 0.717) is 6.07 Å². The van der Waals surface area contributed by atoms with Crippen molar-refractivity contribution in [3.05, 3.63) is 34.1 Å². The fourth-order valence-corrected chi connectivity index (χ4v) is 3.76. The number of hydrogen-bond donors (Lipinski definition) is 3. The second-order valence-electron chi connectivity index (χ2n) is 5.56. The molecule has 1 aromatic heterocycles. The summed E-state index contributed by atoms with van der Waals surface area (Å²) in [6, 6.07) is 2.24. The number of rotatable bonds is 8. The highest BCUT2D eigenvalue weighted by atomic mass is 31.2. The number of nitrogens with zero attached hydrogens (tertiary/aromatic N) is 2. The maximum atomic E-state index is 12.8. The van der Waals surface area contributed by atoms with Gasteiger partial charge in [-0.05, 0) is 32.0 Å². The number of benzene rings is 1. The number of alkyl halides is 3. The molecule has 0 radical (unpaired) electrons. The van der Waals surface area contributed by atoms with Crippen LogP contribution in [0.25, 0.3) is 11.0 Å². The number of halogens is 3. The highest BCUT2D eigenvalue weighted by Crippen LogP contribution is 2.47. The predicted octanol–water partition coefficient (Wildman–Crippen LogP) is 2.36. The standard InChI is InChI=1S/C15H18F3N4O6P/c1-3-27-29(26,28-4-2)8-12(23)20-21-13-14(24)22(25)11-7-9(15(16,17)18)5-6-10(11)19-13/h5-7,25H,3-4,8H2,1-2H3,(H,19,21)(H,20,23). The number of hydrazine groups is 1. The van der Waals surface area contributed by atoms with Gasteiger partial charge < -0.3 is 14.3 Å². The monoisotopic (exact) mass is 438 g/mol. The quantitative estimate of drug-likeness (QED) is 0.325. The maximum absolute atomic E-state index is 12.8. The molecule has 0 aliphatic rings. The summed E-state index contributed by atoms with van der Waals surface area (Å²) in [6.07, 6.45) is -5.33. The topological polar surface area (TPSA) is 132 Å². The molecule has 14 heteroatoms. The highest BCUT2D eigenvalue weighted by molar-refractivity contribution is 7.54. The molecule has 2 aromatic rings. The van der Waals surface area contributed by atoms with Crippen molar-refractivity contribution in [2.24, 2.45) is 0 Å². The number of anilines is 1. The Morgan fingerprint density at radius 1 is 1.28 bits per heavy atom. The molecule has 10 nitrogen and oxygen atoms in total. The van der Waals surface area contributed by atoms with Gasteiger partial charge in [-0.1, -0.05) is 0 Å². The van der Waals surface area contributed by atoms with Gasteiger partial charge in [0, 0.05) is 0 Å². The molecular weight excluding hydrogens is 420 g/mol. The van der Waals surface area contributed by atoms with Crippen molar-refractivity contribution in [1.82, 2.24) is 15.1 Å². The molecule has 3 N–H and O–H groups in total. The lowest BCUT2D eigenvalue weighted by Crippen LogP contribution is -2.36. The predicted molar refractivity (Wildman–Crippen MR) is 95.7 cm³/mol. The number of aromatic nitrogens is 2. The molecule has 0 spiro atoms. The minimum Gasteiger partial charge on any atom is -0.425 e. The van der Waals surface area contributed by atoms with Gasteiger partial charge in [-0.3, -0.25) is 25.0 Å². The number of hydrogen-bond acceptors (Lipinski definition) is 8. The summed E-state index contributed by atoms with van der Waals surface area (Å²) in [5, 5.41) is 9.88. The molecule has 1 amide bonds. The summed E-state index contributed by atoms with van der Waals surface area (Å²) in [4.78, 5) is 27.8. The van der Waals surface area contributed by atoms with Crippen LogP contribution in [0.3, 0.4) is 0 Å². The van der Waals surface area contributed by atoms with E-state index in [1.54, 1.807) is 13.8 Å². The Bertz CT molecular complexity index is 1000. The first-order valence-electron chi connectivity index (χ1n) is 8.27. The second kappa shape index (κ2) is 8.80. The van der Waals surface area contributed by atoms with Gasteiger partial charge in [0.1, 0.15) is 11.7 Å². The number of carbonyl (C=O) groups is 1. The summed E-state index contributed by atoms with van der Waals surface area (Å²) in [5.74, 6) is -1.44. The van der Waals surface area contributed by atoms with Crippen LogP contribution in [-0.4, -0.2) is 40.2 Å². The lowest BCUT2D eigenvalue weighted by Gasteiger charge is -2.17. The van der Waals surface area contributed by atoms with Gasteiger partial charge in [-0.15, -0.1) is 4.73 Å². The Morgan fingerprint density at radius 2 is 1.90 bits per heavy atom. The maximum Gasteiger partial charge on any atom is 0.416 e. The lowest BCUT2D eigenvalue weighted by molar-refractivity contribution is -0.137. The molecule has 0 fully saturated rings. The molecule has 1 aromatic carbocycles. The van der Waals surface area contributed by atoms with Crippen molar-refractivity contribution in [3.63, 3.8) is 0 Å². The average molecular weight is 438 g/mol. The van der Waals surface area contributed by atoms with Crippen molar-refractivity contribution in [1.29, 1.82) is 0 Å². The number of fused-ring (bicyclic) bond motifs is 1. The largest absolute Gasteiger partial charge is 0.425 e. The van der Waals surface area contributed by atoms with Crippen LogP contribution < -0.4 is 16.4 Å². The van der Waals surface area contributed by atoms with Crippen molar-refractivity contribution >= 4 is 30.4 Å². The molecular formula is C15H18F3N4O6P. The van der Waals surface area contributed by atoms with Crippen LogP contribution >= 0.6 is 7.60 Å². The molecule has 0 saturated heterocycles. The first-order valence-corrected chi connectivity index (χ1v) is 9.99. The molecule has 0 atom stereocenters.